The Balaban J connectivity index is 2.31. The van der Waals surface area contributed by atoms with Crippen LogP contribution in [0.25, 0.3) is 0 Å². The number of pyridine rings is 1. The van der Waals surface area contributed by atoms with Gasteiger partial charge in [-0.2, -0.15) is 0 Å². The third kappa shape index (κ3) is 3.14. The van der Waals surface area contributed by atoms with Crippen molar-refractivity contribution in [3.05, 3.63) is 23.9 Å². The molecule has 0 bridgehead atoms. The lowest BCUT2D eigenvalue weighted by Gasteiger charge is -2.43. The molecule has 1 fully saturated rings. The Hall–Kier alpha value is -1.09. The number of hydrogen-bond donors (Lipinski definition) is 1. The molecule has 3 nitrogen and oxygen atoms in total. The summed E-state index contributed by atoms with van der Waals surface area (Å²) in [7, 11) is 0. The summed E-state index contributed by atoms with van der Waals surface area (Å²) >= 11 is 0. The second-order valence-electron chi connectivity index (χ2n) is 6.41. The molecule has 1 N–H and O–H groups in total. The molecule has 0 radical (unpaired) electrons. The van der Waals surface area contributed by atoms with E-state index in [9.17, 15) is 0 Å². The Labute approximate surface area is 123 Å². The maximum absolute atomic E-state index is 4.71. The summed E-state index contributed by atoms with van der Waals surface area (Å²) < 4.78 is 0. The van der Waals surface area contributed by atoms with Crippen molar-refractivity contribution in [1.29, 1.82) is 0 Å². The van der Waals surface area contributed by atoms with Crippen LogP contribution in [-0.4, -0.2) is 24.1 Å². The van der Waals surface area contributed by atoms with E-state index in [1.165, 1.54) is 17.8 Å². The van der Waals surface area contributed by atoms with E-state index in [0.717, 1.165) is 24.9 Å². The van der Waals surface area contributed by atoms with Gasteiger partial charge in [-0.05, 0) is 44.7 Å². The molecule has 0 aromatic carbocycles. The molecule has 3 heteroatoms. The van der Waals surface area contributed by atoms with Crippen LogP contribution >= 0.6 is 0 Å². The predicted octanol–water partition coefficient (Wildman–Crippen LogP) is 3.62. The van der Waals surface area contributed by atoms with E-state index in [4.69, 9.17) is 4.98 Å². The number of aromatic nitrogens is 1. The maximum Gasteiger partial charge on any atom is 0.133 e. The fourth-order valence-electron chi connectivity index (χ4n) is 3.40. The van der Waals surface area contributed by atoms with Gasteiger partial charge in [-0.25, -0.2) is 4.98 Å². The molecule has 112 valence electrons. The average molecular weight is 275 g/mol. The van der Waals surface area contributed by atoms with Crippen molar-refractivity contribution in [2.24, 2.45) is 11.8 Å². The van der Waals surface area contributed by atoms with Gasteiger partial charge in [-0.3, -0.25) is 0 Å². The third-order valence-electron chi connectivity index (χ3n) is 4.66. The molecule has 0 amide bonds. The first-order chi connectivity index (χ1) is 9.54. The molecule has 1 aliphatic rings. The van der Waals surface area contributed by atoms with Crippen LogP contribution in [0.5, 0.6) is 0 Å². The highest BCUT2D eigenvalue weighted by Crippen LogP contribution is 2.33. The highest BCUT2D eigenvalue weighted by atomic mass is 15.2. The van der Waals surface area contributed by atoms with Crippen LogP contribution < -0.4 is 10.2 Å². The number of nitrogens with zero attached hydrogens (tertiary/aromatic N) is 2. The number of nitrogens with one attached hydrogen (secondary N) is 1. The summed E-state index contributed by atoms with van der Waals surface area (Å²) in [6.07, 6.45) is 3.25. The van der Waals surface area contributed by atoms with Gasteiger partial charge in [0.05, 0.1) is 0 Å². The summed E-state index contributed by atoms with van der Waals surface area (Å²) in [6, 6.07) is 5.18. The lowest BCUT2D eigenvalue weighted by atomic mass is 9.85. The smallest absolute Gasteiger partial charge is 0.133 e. The van der Waals surface area contributed by atoms with E-state index in [2.05, 4.69) is 50.9 Å². The van der Waals surface area contributed by atoms with Crippen molar-refractivity contribution in [3.8, 4) is 0 Å². The first-order valence-corrected chi connectivity index (χ1v) is 7.99. The molecular formula is C17H29N3. The minimum Gasteiger partial charge on any atom is -0.353 e. The van der Waals surface area contributed by atoms with Crippen LogP contribution in [0.4, 0.5) is 5.82 Å². The molecular weight excluding hydrogens is 246 g/mol. The minimum atomic E-state index is 0.350. The van der Waals surface area contributed by atoms with Gasteiger partial charge in [0.2, 0.25) is 0 Å². The Morgan fingerprint density at radius 1 is 1.40 bits per heavy atom. The van der Waals surface area contributed by atoms with Crippen LogP contribution in [0, 0.1) is 11.8 Å². The van der Waals surface area contributed by atoms with E-state index in [0.29, 0.717) is 12.1 Å². The SMILES string of the molecule is CCNC(C)c1cccnc1N1CC(C)CC(C)C1C. The number of piperidine rings is 1. The van der Waals surface area contributed by atoms with Crippen LogP contribution in [0.15, 0.2) is 18.3 Å². The van der Waals surface area contributed by atoms with E-state index in [1.807, 2.05) is 12.3 Å². The van der Waals surface area contributed by atoms with E-state index >= 15 is 0 Å². The van der Waals surface area contributed by atoms with Crippen LogP contribution in [-0.2, 0) is 0 Å². The second-order valence-corrected chi connectivity index (χ2v) is 6.41. The minimum absolute atomic E-state index is 0.350. The summed E-state index contributed by atoms with van der Waals surface area (Å²) in [5, 5.41) is 3.51. The zero-order valence-electron chi connectivity index (χ0n) is 13.6. The third-order valence-corrected chi connectivity index (χ3v) is 4.66. The van der Waals surface area contributed by atoms with E-state index < -0.39 is 0 Å². The summed E-state index contributed by atoms with van der Waals surface area (Å²) in [5.41, 5.74) is 1.32. The quantitative estimate of drug-likeness (QED) is 0.909. The van der Waals surface area contributed by atoms with Crippen molar-refractivity contribution in [3.63, 3.8) is 0 Å². The van der Waals surface area contributed by atoms with Crippen molar-refractivity contribution in [2.45, 2.75) is 53.1 Å². The zero-order chi connectivity index (χ0) is 14.7. The van der Waals surface area contributed by atoms with Crippen LogP contribution in [0.2, 0.25) is 0 Å². The van der Waals surface area contributed by atoms with E-state index in [-0.39, 0.29) is 0 Å². The monoisotopic (exact) mass is 275 g/mol. The van der Waals surface area contributed by atoms with Gasteiger partial charge in [-0.15, -0.1) is 0 Å². The van der Waals surface area contributed by atoms with Gasteiger partial charge in [0.1, 0.15) is 5.82 Å². The van der Waals surface area contributed by atoms with Crippen molar-refractivity contribution in [2.75, 3.05) is 18.0 Å². The van der Waals surface area contributed by atoms with Gasteiger partial charge in [0, 0.05) is 30.4 Å². The Morgan fingerprint density at radius 3 is 2.85 bits per heavy atom. The Kier molecular flexibility index (Phi) is 5.03. The largest absolute Gasteiger partial charge is 0.353 e. The lowest BCUT2D eigenvalue weighted by molar-refractivity contribution is 0.294. The molecule has 4 unspecified atom stereocenters. The van der Waals surface area contributed by atoms with Crippen molar-refractivity contribution >= 4 is 5.82 Å². The highest BCUT2D eigenvalue weighted by Gasteiger charge is 2.31. The second kappa shape index (κ2) is 6.57. The predicted molar refractivity (Wildman–Crippen MR) is 86.1 cm³/mol. The van der Waals surface area contributed by atoms with Gasteiger partial charge >= 0.3 is 0 Å². The lowest BCUT2D eigenvalue weighted by Crippen LogP contribution is -2.46. The summed E-state index contributed by atoms with van der Waals surface area (Å²) in [6.45, 7) is 13.5. The van der Waals surface area contributed by atoms with Gasteiger partial charge in [0.25, 0.3) is 0 Å². The molecule has 1 saturated heterocycles. The highest BCUT2D eigenvalue weighted by molar-refractivity contribution is 5.49. The zero-order valence-corrected chi connectivity index (χ0v) is 13.6. The summed E-state index contributed by atoms with van der Waals surface area (Å²) in [5.74, 6) is 2.64. The number of rotatable bonds is 4. The van der Waals surface area contributed by atoms with Crippen molar-refractivity contribution in [1.82, 2.24) is 10.3 Å². The Bertz CT molecular complexity index is 432. The molecule has 1 aliphatic heterocycles. The van der Waals surface area contributed by atoms with Crippen LogP contribution in [0.3, 0.4) is 0 Å². The van der Waals surface area contributed by atoms with Gasteiger partial charge < -0.3 is 10.2 Å². The maximum atomic E-state index is 4.71. The molecule has 1 aromatic rings. The first-order valence-electron chi connectivity index (χ1n) is 7.99. The molecule has 0 spiro atoms. The number of hydrogen-bond acceptors (Lipinski definition) is 3. The van der Waals surface area contributed by atoms with Crippen LogP contribution in [0.1, 0.15) is 52.6 Å². The van der Waals surface area contributed by atoms with Gasteiger partial charge in [-0.1, -0.05) is 26.8 Å². The van der Waals surface area contributed by atoms with Gasteiger partial charge in [0.15, 0.2) is 0 Å². The first kappa shape index (κ1) is 15.3. The summed E-state index contributed by atoms with van der Waals surface area (Å²) in [4.78, 5) is 7.23. The molecule has 0 saturated carbocycles. The fraction of sp³-hybridized carbons (Fsp3) is 0.706. The molecule has 4 atom stereocenters. The molecule has 20 heavy (non-hydrogen) atoms. The Morgan fingerprint density at radius 2 is 2.15 bits per heavy atom. The molecule has 0 aliphatic carbocycles. The van der Waals surface area contributed by atoms with Crippen molar-refractivity contribution < 1.29 is 0 Å². The molecule has 2 rings (SSSR count). The number of anilines is 1. The molecule has 1 aromatic heterocycles. The molecule has 2 heterocycles. The fourth-order valence-corrected chi connectivity index (χ4v) is 3.40. The normalized spacial score (nSPS) is 28.4. The van der Waals surface area contributed by atoms with E-state index in [1.54, 1.807) is 0 Å². The standard InChI is InChI=1S/C17H29N3/c1-6-18-14(4)16-8-7-9-19-17(16)20-11-12(2)10-13(3)15(20)5/h7-9,12-15,18H,6,10-11H2,1-5H3. The topological polar surface area (TPSA) is 28.2 Å². The average Bonchev–Trinajstić information content (AvgIpc) is 2.43.